The average Bonchev–Trinajstić information content (AvgIpc) is 2.91. The summed E-state index contributed by atoms with van der Waals surface area (Å²) in [5.41, 5.74) is 0.310. The number of nitrogens with zero attached hydrogens (tertiary/aromatic N) is 1. The van der Waals surface area contributed by atoms with E-state index < -0.39 is 17.8 Å². The topological polar surface area (TPSA) is 91.5 Å². The van der Waals surface area contributed by atoms with Gasteiger partial charge in [-0.25, -0.2) is 0 Å². The van der Waals surface area contributed by atoms with E-state index in [9.17, 15) is 14.4 Å². The molecule has 7 heteroatoms. The molecule has 2 amide bonds. The number of ether oxygens (including phenoxy) is 1. The first-order valence-corrected chi connectivity index (χ1v) is 6.81. The number of esters is 1. The van der Waals surface area contributed by atoms with Crippen LogP contribution in [0.5, 0.6) is 0 Å². The number of aromatic nitrogens is 1. The zero-order valence-corrected chi connectivity index (χ0v) is 12.5. The first-order valence-electron chi connectivity index (χ1n) is 6.81. The van der Waals surface area contributed by atoms with Crippen LogP contribution in [0.2, 0.25) is 0 Å². The normalized spacial score (nSPS) is 10.7. The van der Waals surface area contributed by atoms with Crippen LogP contribution in [0.4, 0.5) is 0 Å². The Bertz CT molecular complexity index is 482. The third kappa shape index (κ3) is 5.78. The first-order chi connectivity index (χ1) is 9.93. The summed E-state index contributed by atoms with van der Waals surface area (Å²) in [7, 11) is 0. The number of aromatic amines is 1. The van der Waals surface area contributed by atoms with Crippen LogP contribution in [0.3, 0.4) is 0 Å². The highest BCUT2D eigenvalue weighted by molar-refractivity contribution is 6.04. The van der Waals surface area contributed by atoms with E-state index in [4.69, 9.17) is 4.74 Å². The molecule has 2 N–H and O–H groups in total. The maximum Gasteiger partial charge on any atom is 0.320 e. The van der Waals surface area contributed by atoms with Gasteiger partial charge < -0.3 is 9.72 Å². The molecule has 0 radical (unpaired) electrons. The molecule has 0 saturated carbocycles. The van der Waals surface area contributed by atoms with Gasteiger partial charge in [0.15, 0.2) is 0 Å². The van der Waals surface area contributed by atoms with Crippen LogP contribution in [0.15, 0.2) is 18.3 Å². The van der Waals surface area contributed by atoms with Crippen molar-refractivity contribution in [1.29, 1.82) is 0 Å². The molecular weight excluding hydrogens is 274 g/mol. The number of nitrogens with one attached hydrogen (secondary N) is 2. The second-order valence-corrected chi connectivity index (χ2v) is 4.76. The smallest absolute Gasteiger partial charge is 0.320 e. The van der Waals surface area contributed by atoms with E-state index in [1.165, 1.54) is 0 Å². The number of rotatable bonds is 7. The van der Waals surface area contributed by atoms with Gasteiger partial charge in [-0.3, -0.25) is 24.6 Å². The van der Waals surface area contributed by atoms with Crippen molar-refractivity contribution in [3.63, 3.8) is 0 Å². The Labute approximate surface area is 123 Å². The van der Waals surface area contributed by atoms with Crippen molar-refractivity contribution in [3.05, 3.63) is 24.0 Å². The lowest BCUT2D eigenvalue weighted by atomic mass is 10.3. The Morgan fingerprint density at radius 1 is 1.33 bits per heavy atom. The highest BCUT2D eigenvalue weighted by Gasteiger charge is 2.19. The highest BCUT2D eigenvalue weighted by atomic mass is 16.5. The summed E-state index contributed by atoms with van der Waals surface area (Å²) in [6.07, 6.45) is 1.60. The van der Waals surface area contributed by atoms with Gasteiger partial charge in [0.25, 0.3) is 5.91 Å². The van der Waals surface area contributed by atoms with Gasteiger partial charge in [0, 0.05) is 12.2 Å². The van der Waals surface area contributed by atoms with E-state index in [2.05, 4.69) is 10.3 Å². The molecule has 7 nitrogen and oxygen atoms in total. The third-order valence-corrected chi connectivity index (χ3v) is 2.81. The summed E-state index contributed by atoms with van der Waals surface area (Å²) in [6.45, 7) is 5.69. The zero-order chi connectivity index (χ0) is 15.8. The fourth-order valence-electron chi connectivity index (χ4n) is 1.68. The summed E-state index contributed by atoms with van der Waals surface area (Å²) < 4.78 is 4.86. The minimum absolute atomic E-state index is 0.00954. The van der Waals surface area contributed by atoms with Crippen molar-refractivity contribution < 1.29 is 19.1 Å². The summed E-state index contributed by atoms with van der Waals surface area (Å²) in [6, 6.07) is 3.21. The third-order valence-electron chi connectivity index (χ3n) is 2.81. The van der Waals surface area contributed by atoms with Crippen LogP contribution in [-0.4, -0.2) is 53.4 Å². The van der Waals surface area contributed by atoms with Gasteiger partial charge in [0.05, 0.1) is 19.7 Å². The lowest BCUT2D eigenvalue weighted by molar-refractivity contribution is -0.145. The standard InChI is InChI=1S/C14H21N3O4/c1-4-21-13(19)9-17(10(2)3)8-12(18)16-14(20)11-6-5-7-15-11/h5-7,10,15H,4,8-9H2,1-3H3,(H,16,18,20). The number of amides is 2. The summed E-state index contributed by atoms with van der Waals surface area (Å²) in [4.78, 5) is 39.4. The molecule has 1 aromatic heterocycles. The largest absolute Gasteiger partial charge is 0.465 e. The predicted molar refractivity (Wildman–Crippen MR) is 76.6 cm³/mol. The maximum atomic E-state index is 11.9. The molecule has 0 aliphatic carbocycles. The number of H-pyrrole nitrogens is 1. The molecule has 1 heterocycles. The Balaban J connectivity index is 2.52. The van der Waals surface area contributed by atoms with Crippen LogP contribution in [0.1, 0.15) is 31.3 Å². The number of carbonyl (C=O) groups is 3. The van der Waals surface area contributed by atoms with Crippen LogP contribution in [0, 0.1) is 0 Å². The molecule has 0 aliphatic rings. The summed E-state index contributed by atoms with van der Waals surface area (Å²) in [5, 5.41) is 2.27. The molecular formula is C14H21N3O4. The Morgan fingerprint density at radius 3 is 2.57 bits per heavy atom. The minimum Gasteiger partial charge on any atom is -0.465 e. The Kier molecular flexibility index (Phi) is 6.61. The fraction of sp³-hybridized carbons (Fsp3) is 0.500. The number of carbonyl (C=O) groups excluding carboxylic acids is 3. The van der Waals surface area contributed by atoms with E-state index in [1.807, 2.05) is 13.8 Å². The zero-order valence-electron chi connectivity index (χ0n) is 12.5. The van der Waals surface area contributed by atoms with Crippen LogP contribution >= 0.6 is 0 Å². The molecule has 0 spiro atoms. The fourth-order valence-corrected chi connectivity index (χ4v) is 1.68. The molecule has 0 atom stereocenters. The maximum absolute atomic E-state index is 11.9. The van der Waals surface area contributed by atoms with Crippen molar-refractivity contribution >= 4 is 17.8 Å². The SMILES string of the molecule is CCOC(=O)CN(CC(=O)NC(=O)c1ccc[nH]1)C(C)C. The molecule has 0 aromatic carbocycles. The van der Waals surface area contributed by atoms with E-state index in [1.54, 1.807) is 30.2 Å². The second-order valence-electron chi connectivity index (χ2n) is 4.76. The Hall–Kier alpha value is -2.15. The number of hydrogen-bond donors (Lipinski definition) is 2. The van der Waals surface area contributed by atoms with Crippen LogP contribution in [0.25, 0.3) is 0 Å². The van der Waals surface area contributed by atoms with Crippen molar-refractivity contribution in [2.24, 2.45) is 0 Å². The van der Waals surface area contributed by atoms with Crippen molar-refractivity contribution in [1.82, 2.24) is 15.2 Å². The van der Waals surface area contributed by atoms with Gasteiger partial charge in [-0.1, -0.05) is 0 Å². The summed E-state index contributed by atoms with van der Waals surface area (Å²) in [5.74, 6) is -1.35. The van der Waals surface area contributed by atoms with Gasteiger partial charge in [-0.2, -0.15) is 0 Å². The molecule has 1 rings (SSSR count). The van der Waals surface area contributed by atoms with E-state index in [0.29, 0.717) is 12.3 Å². The van der Waals surface area contributed by atoms with Gasteiger partial charge in [0.2, 0.25) is 5.91 Å². The van der Waals surface area contributed by atoms with E-state index >= 15 is 0 Å². The molecule has 116 valence electrons. The lowest BCUT2D eigenvalue weighted by Crippen LogP contribution is -2.45. The number of hydrogen-bond acceptors (Lipinski definition) is 5. The molecule has 0 unspecified atom stereocenters. The lowest BCUT2D eigenvalue weighted by Gasteiger charge is -2.24. The minimum atomic E-state index is -0.496. The second kappa shape index (κ2) is 8.21. The molecule has 0 bridgehead atoms. The molecule has 0 aliphatic heterocycles. The predicted octanol–water partition coefficient (Wildman–Crippen LogP) is 0.545. The van der Waals surface area contributed by atoms with Gasteiger partial charge in [-0.05, 0) is 32.9 Å². The van der Waals surface area contributed by atoms with E-state index in [0.717, 1.165) is 0 Å². The first kappa shape index (κ1) is 16.9. The number of imide groups is 1. The Morgan fingerprint density at radius 2 is 2.05 bits per heavy atom. The van der Waals surface area contributed by atoms with Gasteiger partial charge >= 0.3 is 5.97 Å². The molecule has 0 fully saturated rings. The van der Waals surface area contributed by atoms with Crippen molar-refractivity contribution in [2.45, 2.75) is 26.8 Å². The van der Waals surface area contributed by atoms with Crippen LogP contribution < -0.4 is 5.32 Å². The van der Waals surface area contributed by atoms with Crippen molar-refractivity contribution in [2.75, 3.05) is 19.7 Å². The highest BCUT2D eigenvalue weighted by Crippen LogP contribution is 1.99. The monoisotopic (exact) mass is 295 g/mol. The molecule has 21 heavy (non-hydrogen) atoms. The quantitative estimate of drug-likeness (QED) is 0.717. The van der Waals surface area contributed by atoms with Crippen LogP contribution in [-0.2, 0) is 14.3 Å². The molecule has 1 aromatic rings. The molecule has 0 saturated heterocycles. The van der Waals surface area contributed by atoms with Gasteiger partial charge in [-0.15, -0.1) is 0 Å². The van der Waals surface area contributed by atoms with E-state index in [-0.39, 0.29) is 19.1 Å². The summed E-state index contributed by atoms with van der Waals surface area (Å²) >= 11 is 0. The van der Waals surface area contributed by atoms with Crippen molar-refractivity contribution in [3.8, 4) is 0 Å². The average molecular weight is 295 g/mol. The van der Waals surface area contributed by atoms with Gasteiger partial charge in [0.1, 0.15) is 5.69 Å².